The summed E-state index contributed by atoms with van der Waals surface area (Å²) in [7, 11) is 0. The molecule has 0 saturated carbocycles. The molecule has 0 fully saturated rings. The smallest absolute Gasteiger partial charge is 0.174 e. The molecule has 0 atom stereocenters. The average Bonchev–Trinajstić information content (AvgIpc) is 2.61. The van der Waals surface area contributed by atoms with Gasteiger partial charge in [0.2, 0.25) is 0 Å². The van der Waals surface area contributed by atoms with Crippen LogP contribution in [0.15, 0.2) is 16.7 Å². The molecule has 3 nitrogen and oxygen atoms in total. The number of hydrogen-bond donors (Lipinski definition) is 1. The van der Waals surface area contributed by atoms with E-state index < -0.39 is 0 Å². The van der Waals surface area contributed by atoms with Crippen LogP contribution < -0.4 is 5.73 Å². The molecule has 0 unspecified atom stereocenters. The lowest BCUT2D eigenvalue weighted by molar-refractivity contribution is 0.458. The lowest BCUT2D eigenvalue weighted by Crippen LogP contribution is -1.86. The van der Waals surface area contributed by atoms with Gasteiger partial charge >= 0.3 is 0 Å². The number of anilines is 1. The van der Waals surface area contributed by atoms with Crippen molar-refractivity contribution in [3.05, 3.63) is 23.3 Å². The highest BCUT2D eigenvalue weighted by atomic mass is 16.5. The second kappa shape index (κ2) is 5.54. The minimum Gasteiger partial charge on any atom is -0.380 e. The number of nitrogen functional groups attached to an aromatic ring is 1. The monoisotopic (exact) mass is 220 g/mol. The number of nitrogens with zero attached hydrogens (tertiary/aromatic N) is 1. The quantitative estimate of drug-likeness (QED) is 0.797. The van der Waals surface area contributed by atoms with Crippen LogP contribution in [-0.4, -0.2) is 5.16 Å². The normalized spacial score (nSPS) is 10.0. The van der Waals surface area contributed by atoms with Crippen LogP contribution in [0.1, 0.15) is 38.3 Å². The van der Waals surface area contributed by atoms with Crippen molar-refractivity contribution in [1.29, 1.82) is 0 Å². The fraction of sp³-hybridized carbons (Fsp3) is 0.462. The van der Waals surface area contributed by atoms with Gasteiger partial charge in [0.25, 0.3) is 0 Å². The molecule has 2 aromatic rings. The number of aryl methyl sites for hydroxylation is 2. The number of nitrogens with two attached hydrogens (primary N) is 1. The Kier molecular flexibility index (Phi) is 4.35. The number of rotatable bonds is 1. The third-order valence-corrected chi connectivity index (χ3v) is 2.20. The molecule has 1 aromatic heterocycles. The first-order valence-corrected chi connectivity index (χ1v) is 5.78. The molecule has 16 heavy (non-hydrogen) atoms. The van der Waals surface area contributed by atoms with Crippen molar-refractivity contribution in [3.63, 3.8) is 0 Å². The first-order valence-electron chi connectivity index (χ1n) is 5.78. The van der Waals surface area contributed by atoms with Gasteiger partial charge in [0.15, 0.2) is 11.4 Å². The fourth-order valence-corrected chi connectivity index (χ4v) is 1.55. The van der Waals surface area contributed by atoms with Gasteiger partial charge < -0.3 is 10.3 Å². The summed E-state index contributed by atoms with van der Waals surface area (Å²) in [5, 5.41) is 4.68. The predicted octanol–water partition coefficient (Wildman–Crippen LogP) is 3.70. The summed E-state index contributed by atoms with van der Waals surface area (Å²) in [6.45, 7) is 8.39. The van der Waals surface area contributed by atoms with Crippen molar-refractivity contribution < 1.29 is 4.52 Å². The zero-order chi connectivity index (χ0) is 12.1. The Morgan fingerprint density at radius 2 is 1.88 bits per heavy atom. The van der Waals surface area contributed by atoms with Gasteiger partial charge in [-0.3, -0.25) is 0 Å². The SMILES string of the molecule is CCC.CCc1cc(C)cc2c(N)noc12. The Morgan fingerprint density at radius 3 is 2.44 bits per heavy atom. The molecule has 1 aromatic carbocycles. The first kappa shape index (κ1) is 12.6. The minimum absolute atomic E-state index is 0.480. The Hall–Kier alpha value is -1.51. The molecule has 0 spiro atoms. The minimum atomic E-state index is 0.480. The number of fused-ring (bicyclic) bond motifs is 1. The van der Waals surface area contributed by atoms with Gasteiger partial charge in [-0.1, -0.05) is 38.4 Å². The summed E-state index contributed by atoms with van der Waals surface area (Å²) in [4.78, 5) is 0. The van der Waals surface area contributed by atoms with Crippen LogP contribution in [0, 0.1) is 6.92 Å². The molecule has 88 valence electrons. The van der Waals surface area contributed by atoms with E-state index in [0.29, 0.717) is 5.82 Å². The van der Waals surface area contributed by atoms with Gasteiger partial charge in [0.1, 0.15) is 0 Å². The molecule has 0 aliphatic rings. The molecule has 0 aliphatic heterocycles. The van der Waals surface area contributed by atoms with Crippen LogP contribution in [0.3, 0.4) is 0 Å². The van der Waals surface area contributed by atoms with Gasteiger partial charge in [0.05, 0.1) is 5.39 Å². The van der Waals surface area contributed by atoms with Crippen molar-refractivity contribution in [3.8, 4) is 0 Å². The highest BCUT2D eigenvalue weighted by molar-refractivity contribution is 5.89. The fourth-order valence-electron chi connectivity index (χ4n) is 1.55. The maximum absolute atomic E-state index is 5.66. The number of hydrogen-bond acceptors (Lipinski definition) is 3. The molecule has 1 heterocycles. The van der Waals surface area contributed by atoms with Crippen molar-refractivity contribution in [2.24, 2.45) is 0 Å². The van der Waals surface area contributed by atoms with E-state index in [1.165, 1.54) is 17.5 Å². The standard InChI is InChI=1S/C10H12N2O.C3H8/c1-3-7-4-6(2)5-8-9(7)13-12-10(8)11;1-3-2/h4-5H,3H2,1-2H3,(H2,11,12);3H2,1-2H3. The molecular formula is C13H20N2O. The maximum atomic E-state index is 5.66. The second-order valence-electron chi connectivity index (χ2n) is 3.93. The first-order chi connectivity index (χ1) is 7.63. The van der Waals surface area contributed by atoms with Crippen molar-refractivity contribution in [2.45, 2.75) is 40.5 Å². The second-order valence-corrected chi connectivity index (χ2v) is 3.93. The summed E-state index contributed by atoms with van der Waals surface area (Å²) >= 11 is 0. The third kappa shape index (κ3) is 2.54. The van der Waals surface area contributed by atoms with Gasteiger partial charge in [-0.05, 0) is 30.5 Å². The lowest BCUT2D eigenvalue weighted by Gasteiger charge is -1.98. The molecule has 0 radical (unpaired) electrons. The number of aromatic nitrogens is 1. The van der Waals surface area contributed by atoms with Crippen LogP contribution >= 0.6 is 0 Å². The topological polar surface area (TPSA) is 52.0 Å². The average molecular weight is 220 g/mol. The van der Waals surface area contributed by atoms with Crippen LogP contribution in [-0.2, 0) is 6.42 Å². The van der Waals surface area contributed by atoms with E-state index in [0.717, 1.165) is 17.4 Å². The molecule has 2 N–H and O–H groups in total. The van der Waals surface area contributed by atoms with E-state index in [-0.39, 0.29) is 0 Å². The molecule has 0 saturated heterocycles. The third-order valence-electron chi connectivity index (χ3n) is 2.20. The van der Waals surface area contributed by atoms with E-state index in [1.54, 1.807) is 0 Å². The summed E-state index contributed by atoms with van der Waals surface area (Å²) in [6, 6.07) is 4.10. The predicted molar refractivity (Wildman–Crippen MR) is 68.5 cm³/mol. The molecular weight excluding hydrogens is 200 g/mol. The molecule has 2 rings (SSSR count). The zero-order valence-electron chi connectivity index (χ0n) is 10.5. The van der Waals surface area contributed by atoms with Gasteiger partial charge in [-0.25, -0.2) is 0 Å². The summed E-state index contributed by atoms with van der Waals surface area (Å²) in [6.07, 6.45) is 2.19. The Balaban J connectivity index is 0.000000386. The van der Waals surface area contributed by atoms with E-state index >= 15 is 0 Å². The van der Waals surface area contributed by atoms with Crippen LogP contribution in [0.4, 0.5) is 5.82 Å². The van der Waals surface area contributed by atoms with E-state index in [9.17, 15) is 0 Å². The number of benzene rings is 1. The van der Waals surface area contributed by atoms with E-state index in [4.69, 9.17) is 10.3 Å². The highest BCUT2D eigenvalue weighted by Gasteiger charge is 2.08. The summed E-state index contributed by atoms with van der Waals surface area (Å²) in [5.74, 6) is 0.480. The van der Waals surface area contributed by atoms with Crippen molar-refractivity contribution >= 4 is 16.8 Å². The Morgan fingerprint density at radius 1 is 1.25 bits per heavy atom. The molecule has 0 amide bonds. The van der Waals surface area contributed by atoms with Crippen LogP contribution in [0.5, 0.6) is 0 Å². The summed E-state index contributed by atoms with van der Waals surface area (Å²) in [5.41, 5.74) is 8.85. The molecule has 0 bridgehead atoms. The van der Waals surface area contributed by atoms with Gasteiger partial charge in [-0.2, -0.15) is 0 Å². The Bertz CT molecular complexity index is 460. The highest BCUT2D eigenvalue weighted by Crippen LogP contribution is 2.25. The molecule has 3 heteroatoms. The van der Waals surface area contributed by atoms with Gasteiger partial charge in [0, 0.05) is 0 Å². The molecule has 0 aliphatic carbocycles. The zero-order valence-corrected chi connectivity index (χ0v) is 10.5. The van der Waals surface area contributed by atoms with Crippen molar-refractivity contribution in [2.75, 3.05) is 5.73 Å². The summed E-state index contributed by atoms with van der Waals surface area (Å²) < 4.78 is 5.15. The van der Waals surface area contributed by atoms with Gasteiger partial charge in [-0.15, -0.1) is 0 Å². The van der Waals surface area contributed by atoms with Crippen molar-refractivity contribution in [1.82, 2.24) is 5.16 Å². The van der Waals surface area contributed by atoms with E-state index in [1.807, 2.05) is 13.0 Å². The van der Waals surface area contributed by atoms with Crippen LogP contribution in [0.2, 0.25) is 0 Å². The maximum Gasteiger partial charge on any atom is 0.174 e. The Labute approximate surface area is 96.6 Å². The largest absolute Gasteiger partial charge is 0.380 e. The lowest BCUT2D eigenvalue weighted by atomic mass is 10.1. The van der Waals surface area contributed by atoms with Crippen LogP contribution in [0.25, 0.3) is 11.0 Å². The van der Waals surface area contributed by atoms with E-state index in [2.05, 4.69) is 32.0 Å².